The number of thioether (sulfide) groups is 1. The van der Waals surface area contributed by atoms with E-state index in [4.69, 9.17) is 17.2 Å². The van der Waals surface area contributed by atoms with Gasteiger partial charge in [0.05, 0.1) is 36.8 Å². The van der Waals surface area contributed by atoms with Crippen LogP contribution >= 0.6 is 11.8 Å². The number of aromatic nitrogens is 4. The molecule has 3 aliphatic heterocycles. The van der Waals surface area contributed by atoms with E-state index in [9.17, 15) is 58.1 Å². The first kappa shape index (κ1) is 113. The van der Waals surface area contributed by atoms with Crippen LogP contribution in [0.4, 0.5) is 4.39 Å². The SMILES string of the molecule is CCCC[C@H]1C(=O)N(C)[C@@H](CCCC)C(=O)N[C@@H](CCC(=O)O)C(=O)N[C@H](C(=O)NCC(N)=O)CSCC(=O)N[C@@H](Cc2ccc(O)cc2)C(=O)N(C)[C@@H](C)C(=O)N[C@@H](CC(=O)O)C(=O)N2CCC[C@H]2C(=O)N[C@@H](Cc2c[nH]cn2)C(=O)N[C@@H](CCCCN)C(=O)N2C[C@H](Cc3ccc(F)cc3)C[C@H]2C(=O)C[C@@H](Cc2c[nH]c3ccccc23)C(=O)N[C@@H](CCCCN)C(=O)N[C@@H](Cc2c[nH]c3ccccc23)C(=O)N1C. The average Bonchev–Trinajstić information content (AvgIpc) is 1.67. The number of phenols is 1. The van der Waals surface area contributed by atoms with E-state index in [1.807, 2.05) is 26.0 Å². The molecular weight excluding hydrogens is 1890 g/mol. The van der Waals surface area contributed by atoms with Gasteiger partial charge in [-0.2, -0.15) is 0 Å². The zero-order valence-electron chi connectivity index (χ0n) is 82.5. The number of rotatable bonds is 32. The Morgan fingerprint density at radius 1 is 0.517 bits per heavy atom. The van der Waals surface area contributed by atoms with Crippen molar-refractivity contribution < 1.29 is 106 Å². The molecule has 21 N–H and O–H groups in total. The Morgan fingerprint density at radius 2 is 1.06 bits per heavy atom. The summed E-state index contributed by atoms with van der Waals surface area (Å²) in [7, 11) is 3.87. The van der Waals surface area contributed by atoms with Crippen LogP contribution in [0.1, 0.15) is 171 Å². The number of carbonyl (C=O) groups excluding carboxylic acids is 16. The number of hydrogen-bond acceptors (Lipinski definition) is 23. The van der Waals surface area contributed by atoms with Gasteiger partial charge < -0.3 is 120 Å². The van der Waals surface area contributed by atoms with Gasteiger partial charge in [0.25, 0.3) is 0 Å². The quantitative estimate of drug-likeness (QED) is 0.0269. The average molecular weight is 2030 g/mol. The maximum absolute atomic E-state index is 16.1. The van der Waals surface area contributed by atoms with Gasteiger partial charge in [-0.25, -0.2) is 9.37 Å². The van der Waals surface area contributed by atoms with Gasteiger partial charge in [0.1, 0.15) is 84.1 Å². The molecule has 10 rings (SSSR count). The van der Waals surface area contributed by atoms with Gasteiger partial charge in [0.15, 0.2) is 5.78 Å². The Kier molecular flexibility index (Phi) is 42.8. The van der Waals surface area contributed by atoms with Crippen LogP contribution in [0.15, 0.2) is 122 Å². The molecule has 3 saturated heterocycles. The molecule has 145 heavy (non-hydrogen) atoms. The number of fused-ring (bicyclic) bond motifs is 4. The highest BCUT2D eigenvalue weighted by Crippen LogP contribution is 2.34. The summed E-state index contributed by atoms with van der Waals surface area (Å²) in [5, 5.41) is 56.1. The molecule has 0 unspecified atom stereocenters. The van der Waals surface area contributed by atoms with Crippen molar-refractivity contribution >= 4 is 140 Å². The number of Topliss-reactive ketones (excluding diaryl/α,β-unsaturated/α-hetero) is 1. The number of aromatic amines is 3. The fraction of sp³-hybridized carbons (Fsp3) is 0.515. The summed E-state index contributed by atoms with van der Waals surface area (Å²) < 4.78 is 14.7. The van der Waals surface area contributed by atoms with Crippen molar-refractivity contribution in [2.45, 2.75) is 253 Å². The number of phenolic OH excluding ortho intramolecular Hbond substituents is 1. The van der Waals surface area contributed by atoms with Gasteiger partial charge in [-0.15, -0.1) is 11.8 Å². The second-order valence-corrected chi connectivity index (χ2v) is 38.5. The Hall–Kier alpha value is -14.2. The van der Waals surface area contributed by atoms with Gasteiger partial charge in [0, 0.05) is 118 Å². The Morgan fingerprint density at radius 3 is 1.68 bits per heavy atom. The lowest BCUT2D eigenvalue weighted by atomic mass is 9.88. The third-order valence-electron chi connectivity index (χ3n) is 26.8. The number of aromatic hydroxyl groups is 1. The number of benzene rings is 4. The van der Waals surface area contributed by atoms with Crippen molar-refractivity contribution in [1.82, 2.24) is 92.3 Å². The summed E-state index contributed by atoms with van der Waals surface area (Å²) in [5.41, 5.74) is 21.4. The molecule has 15 amide bonds. The van der Waals surface area contributed by atoms with E-state index in [2.05, 4.69) is 67.8 Å². The first-order valence-corrected chi connectivity index (χ1v) is 50.5. The van der Waals surface area contributed by atoms with E-state index >= 15 is 47.9 Å². The van der Waals surface area contributed by atoms with Crippen molar-refractivity contribution in [2.24, 2.45) is 29.0 Å². The molecule has 784 valence electrons. The minimum atomic E-state index is -1.93. The van der Waals surface area contributed by atoms with Crippen LogP contribution in [0.2, 0.25) is 0 Å². The normalized spacial score (nSPS) is 23.9. The van der Waals surface area contributed by atoms with Gasteiger partial charge in [-0.05, 0) is 174 Å². The van der Waals surface area contributed by atoms with Gasteiger partial charge in [0.2, 0.25) is 88.6 Å². The molecule has 0 bridgehead atoms. The third kappa shape index (κ3) is 32.2. The summed E-state index contributed by atoms with van der Waals surface area (Å²) in [5.74, 6) is -21.3. The summed E-state index contributed by atoms with van der Waals surface area (Å²) >= 11 is 0.705. The maximum atomic E-state index is 16.1. The second kappa shape index (κ2) is 55.1. The van der Waals surface area contributed by atoms with Crippen LogP contribution in [0.25, 0.3) is 21.8 Å². The Labute approximate surface area is 843 Å². The van der Waals surface area contributed by atoms with Crippen molar-refractivity contribution in [3.05, 3.63) is 156 Å². The summed E-state index contributed by atoms with van der Waals surface area (Å²) in [6, 6.07) is 5.29. The molecule has 6 heterocycles. The summed E-state index contributed by atoms with van der Waals surface area (Å²) in [6.45, 7) is 4.14. The molecule has 0 saturated carbocycles. The van der Waals surface area contributed by atoms with Crippen LogP contribution < -0.4 is 65.1 Å². The first-order chi connectivity index (χ1) is 69.4. The zero-order valence-corrected chi connectivity index (χ0v) is 83.3. The number of unbranched alkanes of at least 4 members (excludes halogenated alkanes) is 4. The van der Waals surface area contributed by atoms with Crippen LogP contribution in [-0.2, 0) is 118 Å². The third-order valence-corrected chi connectivity index (χ3v) is 27.8. The highest BCUT2D eigenvalue weighted by Gasteiger charge is 2.47. The second-order valence-electron chi connectivity index (χ2n) is 37.4. The minimum absolute atomic E-state index is 0.0120. The number of para-hydroxylation sites is 2. The number of nitrogens with one attached hydrogen (secondary N) is 12. The zero-order chi connectivity index (χ0) is 105. The lowest BCUT2D eigenvalue weighted by molar-refractivity contribution is -0.149. The van der Waals surface area contributed by atoms with Gasteiger partial charge in [-0.1, -0.05) is 100 Å². The largest absolute Gasteiger partial charge is 0.508 e. The number of nitrogens with zero attached hydrogens (tertiary/aromatic N) is 6. The van der Waals surface area contributed by atoms with Crippen LogP contribution in [0.5, 0.6) is 5.75 Å². The molecule has 0 radical (unpaired) electrons. The number of nitrogens with two attached hydrogens (primary N) is 3. The fourth-order valence-corrected chi connectivity index (χ4v) is 19.5. The molecule has 3 aromatic heterocycles. The summed E-state index contributed by atoms with van der Waals surface area (Å²) in [6.07, 6.45) is 4.80. The van der Waals surface area contributed by atoms with E-state index in [-0.39, 0.29) is 134 Å². The number of amides is 15. The molecular formula is C101H136FN21O21S. The van der Waals surface area contributed by atoms with Gasteiger partial charge in [-0.3, -0.25) is 86.3 Å². The lowest BCUT2D eigenvalue weighted by Gasteiger charge is -2.36. The molecule has 4 aromatic carbocycles. The smallest absolute Gasteiger partial charge is 0.305 e. The number of imidazole rings is 1. The number of primary amides is 1. The highest BCUT2D eigenvalue weighted by atomic mass is 32.2. The molecule has 42 nitrogen and oxygen atoms in total. The van der Waals surface area contributed by atoms with Crippen LogP contribution in [-0.4, -0.2) is 310 Å². The monoisotopic (exact) mass is 2030 g/mol. The number of carbonyl (C=O) groups is 18. The van der Waals surface area contributed by atoms with E-state index in [0.29, 0.717) is 87.9 Å². The number of aliphatic carboxylic acids is 2. The molecule has 0 aliphatic carbocycles. The number of hydrogen-bond donors (Lipinski definition) is 18. The Balaban J connectivity index is 1.06. The molecule has 44 heteroatoms. The molecule has 7 aromatic rings. The van der Waals surface area contributed by atoms with Crippen molar-refractivity contribution in [1.29, 1.82) is 0 Å². The number of H-pyrrole nitrogens is 3. The predicted molar refractivity (Wildman–Crippen MR) is 534 cm³/mol. The first-order valence-electron chi connectivity index (χ1n) is 49.3. The molecule has 0 spiro atoms. The Bertz CT molecular complexity index is 5690. The topological polar surface area (TPSA) is 631 Å². The van der Waals surface area contributed by atoms with Crippen LogP contribution in [0.3, 0.4) is 0 Å². The van der Waals surface area contributed by atoms with Crippen molar-refractivity contribution in [3.8, 4) is 5.75 Å². The van der Waals surface area contributed by atoms with Crippen molar-refractivity contribution in [2.75, 3.05) is 65.4 Å². The number of halogens is 1. The number of likely N-dealkylation sites (N-methyl/N-ethyl adjacent to an activating group) is 3. The number of carboxylic acid groups (broad SMARTS) is 2. The number of carboxylic acids is 2. The molecule has 3 fully saturated rings. The maximum Gasteiger partial charge on any atom is 0.305 e. The fourth-order valence-electron chi connectivity index (χ4n) is 18.6. The minimum Gasteiger partial charge on any atom is -0.508 e. The predicted octanol–water partition coefficient (Wildman–Crippen LogP) is 2.22. The lowest BCUT2D eigenvalue weighted by Crippen LogP contribution is -2.60. The van der Waals surface area contributed by atoms with E-state index in [0.717, 1.165) is 14.7 Å². The summed E-state index contributed by atoms with van der Waals surface area (Å²) in [4.78, 5) is 286. The number of ketones is 1. The molecule has 3 aliphatic rings. The van der Waals surface area contributed by atoms with Crippen LogP contribution in [0, 0.1) is 17.7 Å². The molecule has 15 atom stereocenters. The van der Waals surface area contributed by atoms with Gasteiger partial charge >= 0.3 is 11.9 Å². The van der Waals surface area contributed by atoms with E-state index in [1.54, 1.807) is 60.9 Å². The van der Waals surface area contributed by atoms with E-state index in [1.165, 1.54) is 86.8 Å². The highest BCUT2D eigenvalue weighted by molar-refractivity contribution is 8.00. The van der Waals surface area contributed by atoms with E-state index < -0.39 is 246 Å². The van der Waals surface area contributed by atoms with Crippen molar-refractivity contribution in [3.63, 3.8) is 0 Å². The standard InChI is InChI=1S/C101H136FN21O21S/c1-7-9-26-80-95(138)113-73(37-38-87(128)129)93(136)118-79(91(134)109-53-85(105)126)55-145-56-86(127)111-76(43-60-31-35-67(124)36-32-60)97(140)119(4)58(3)89(132)116-78(49-88(130)131)100(143)122-41-19-28-81(122)96(139)115-75(48-66-52-106-57-110-66)94(137)114-74(25-16-18-40-104)99(142)123-54-61(42-59-29-33-65(102)34-30-59)44-83(123)84(125)47-62(45-63-50-107-70-22-13-11-20-68(63)70)90(133)112-72(24-15-17-39-103)92(135)117-77(46-64-51-108-71-23-14-12-21-69(64)71)98(141)121(6)82(27-10-8-2)101(144)120(80)5/h11-14,20-23,29-36,50-52,57-58,61-62,72-83,107-108,124H,7-10,15-19,24-28,37-49,53-56,103-104H2,1-6H3,(H2,105,126)(H,106,110)(H,109,134)(H,111,127)(H,112,133)(H,113,138)(H,114,137)(H,115,139)(H,116,132)(H,117,135)(H,118,136)(H,128,129)(H,130,131)/t58-,61+,62+,72-,73-,74-,75-,76-,77-,78-,79-,80-,81-,82-,83-/m0/s1.